The molecule has 1 N–H and O–H groups in total. The summed E-state index contributed by atoms with van der Waals surface area (Å²) in [5, 5.41) is 7.72. The van der Waals surface area contributed by atoms with Crippen LogP contribution in [0.1, 0.15) is 12.8 Å². The first kappa shape index (κ1) is 8.52. The molecule has 0 radical (unpaired) electrons. The Balaban J connectivity index is 1.92. The van der Waals surface area contributed by atoms with Crippen molar-refractivity contribution in [1.82, 2.24) is 19.3 Å². The van der Waals surface area contributed by atoms with Crippen molar-refractivity contribution < 1.29 is 0 Å². The fourth-order valence-corrected chi connectivity index (χ4v) is 1.54. The summed E-state index contributed by atoms with van der Waals surface area (Å²) < 4.78 is 3.76. The standard InChI is InChI=1S/C10H13N5/c1-14-6-4-9(13-14)15-7-5-11-10(15)12-8-2-3-8/h4-8H,2-3H2,1H3,(H,11,12). The first-order chi connectivity index (χ1) is 7.33. The normalized spacial score (nSPS) is 15.5. The zero-order valence-corrected chi connectivity index (χ0v) is 8.59. The molecule has 2 heterocycles. The molecule has 0 aliphatic heterocycles. The molecule has 15 heavy (non-hydrogen) atoms. The topological polar surface area (TPSA) is 47.7 Å². The van der Waals surface area contributed by atoms with Gasteiger partial charge in [-0.2, -0.15) is 5.10 Å². The van der Waals surface area contributed by atoms with Gasteiger partial charge in [0.05, 0.1) is 0 Å². The molecule has 2 aromatic rings. The van der Waals surface area contributed by atoms with E-state index < -0.39 is 0 Å². The Bertz CT molecular complexity index is 466. The zero-order chi connectivity index (χ0) is 10.3. The van der Waals surface area contributed by atoms with Crippen molar-refractivity contribution in [1.29, 1.82) is 0 Å². The van der Waals surface area contributed by atoms with E-state index in [1.807, 2.05) is 30.1 Å². The van der Waals surface area contributed by atoms with Crippen LogP contribution in [-0.4, -0.2) is 25.4 Å². The van der Waals surface area contributed by atoms with E-state index in [0.29, 0.717) is 6.04 Å². The molecule has 0 unspecified atom stereocenters. The number of aryl methyl sites for hydroxylation is 1. The second-order valence-corrected chi connectivity index (χ2v) is 3.89. The van der Waals surface area contributed by atoms with Crippen molar-refractivity contribution in [2.45, 2.75) is 18.9 Å². The number of imidazole rings is 1. The minimum absolute atomic E-state index is 0.606. The Morgan fingerprint density at radius 3 is 2.93 bits per heavy atom. The van der Waals surface area contributed by atoms with Gasteiger partial charge in [0.1, 0.15) is 0 Å². The Kier molecular flexibility index (Phi) is 1.77. The molecule has 0 amide bonds. The van der Waals surface area contributed by atoms with E-state index >= 15 is 0 Å². The largest absolute Gasteiger partial charge is 0.353 e. The summed E-state index contributed by atoms with van der Waals surface area (Å²) in [7, 11) is 1.91. The summed E-state index contributed by atoms with van der Waals surface area (Å²) in [6.07, 6.45) is 8.13. The van der Waals surface area contributed by atoms with E-state index in [-0.39, 0.29) is 0 Å². The molecule has 0 bridgehead atoms. The lowest BCUT2D eigenvalue weighted by Gasteiger charge is -2.05. The minimum Gasteiger partial charge on any atom is -0.353 e. The average molecular weight is 203 g/mol. The lowest BCUT2D eigenvalue weighted by molar-refractivity contribution is 0.751. The lowest BCUT2D eigenvalue weighted by Crippen LogP contribution is -2.08. The molecule has 0 atom stereocenters. The number of nitrogens with zero attached hydrogens (tertiary/aromatic N) is 4. The van der Waals surface area contributed by atoms with E-state index in [4.69, 9.17) is 0 Å². The number of rotatable bonds is 3. The molecule has 2 aromatic heterocycles. The maximum Gasteiger partial charge on any atom is 0.208 e. The van der Waals surface area contributed by atoms with Crippen LogP contribution < -0.4 is 5.32 Å². The van der Waals surface area contributed by atoms with Crippen LogP contribution in [0.3, 0.4) is 0 Å². The maximum atomic E-state index is 4.34. The Morgan fingerprint density at radius 2 is 2.27 bits per heavy atom. The van der Waals surface area contributed by atoms with E-state index in [1.165, 1.54) is 12.8 Å². The monoisotopic (exact) mass is 203 g/mol. The fraction of sp³-hybridized carbons (Fsp3) is 0.400. The molecule has 5 heteroatoms. The Labute approximate surface area is 87.7 Å². The van der Waals surface area contributed by atoms with E-state index in [2.05, 4.69) is 15.4 Å². The van der Waals surface area contributed by atoms with Gasteiger partial charge in [-0.05, 0) is 12.8 Å². The SMILES string of the molecule is Cn1ccc(-n2ccnc2NC2CC2)n1. The lowest BCUT2D eigenvalue weighted by atomic mass is 10.6. The van der Waals surface area contributed by atoms with Gasteiger partial charge in [-0.1, -0.05) is 0 Å². The molecule has 1 saturated carbocycles. The first-order valence-electron chi connectivity index (χ1n) is 5.13. The highest BCUT2D eigenvalue weighted by molar-refractivity contribution is 5.38. The number of nitrogens with one attached hydrogen (secondary N) is 1. The molecule has 0 aromatic carbocycles. The van der Waals surface area contributed by atoms with Crippen LogP contribution in [-0.2, 0) is 7.05 Å². The predicted molar refractivity (Wildman–Crippen MR) is 57.0 cm³/mol. The van der Waals surface area contributed by atoms with Crippen LogP contribution in [0.15, 0.2) is 24.7 Å². The van der Waals surface area contributed by atoms with Crippen LogP contribution in [0.5, 0.6) is 0 Å². The van der Waals surface area contributed by atoms with Gasteiger partial charge in [-0.25, -0.2) is 4.98 Å². The quantitative estimate of drug-likeness (QED) is 0.814. The summed E-state index contributed by atoms with van der Waals surface area (Å²) in [6.45, 7) is 0. The van der Waals surface area contributed by atoms with Gasteiger partial charge in [0, 0.05) is 37.7 Å². The minimum atomic E-state index is 0.606. The van der Waals surface area contributed by atoms with Gasteiger partial charge in [-0.3, -0.25) is 9.25 Å². The number of anilines is 1. The molecule has 3 rings (SSSR count). The van der Waals surface area contributed by atoms with Crippen molar-refractivity contribution in [2.24, 2.45) is 7.05 Å². The molecule has 1 fully saturated rings. The molecule has 0 spiro atoms. The van der Waals surface area contributed by atoms with Gasteiger partial charge in [0.25, 0.3) is 0 Å². The highest BCUT2D eigenvalue weighted by Crippen LogP contribution is 2.24. The van der Waals surface area contributed by atoms with Crippen LogP contribution in [0.4, 0.5) is 5.95 Å². The molecular weight excluding hydrogens is 190 g/mol. The molecule has 1 aliphatic carbocycles. The second-order valence-electron chi connectivity index (χ2n) is 3.89. The summed E-state index contributed by atoms with van der Waals surface area (Å²) in [5.74, 6) is 1.79. The highest BCUT2D eigenvalue weighted by Gasteiger charge is 2.22. The van der Waals surface area contributed by atoms with Crippen LogP contribution in [0.25, 0.3) is 5.82 Å². The summed E-state index contributed by atoms with van der Waals surface area (Å²) in [5.41, 5.74) is 0. The van der Waals surface area contributed by atoms with Crippen LogP contribution >= 0.6 is 0 Å². The molecular formula is C10H13N5. The predicted octanol–water partition coefficient (Wildman–Crippen LogP) is 1.18. The highest BCUT2D eigenvalue weighted by atomic mass is 15.3. The fourth-order valence-electron chi connectivity index (χ4n) is 1.54. The van der Waals surface area contributed by atoms with Crippen molar-refractivity contribution in [3.05, 3.63) is 24.7 Å². The van der Waals surface area contributed by atoms with Crippen LogP contribution in [0.2, 0.25) is 0 Å². The smallest absolute Gasteiger partial charge is 0.208 e. The van der Waals surface area contributed by atoms with Crippen molar-refractivity contribution in [3.63, 3.8) is 0 Å². The number of aromatic nitrogens is 4. The maximum absolute atomic E-state index is 4.34. The molecule has 5 nitrogen and oxygen atoms in total. The summed E-state index contributed by atoms with van der Waals surface area (Å²) in [4.78, 5) is 4.28. The van der Waals surface area contributed by atoms with E-state index in [9.17, 15) is 0 Å². The van der Waals surface area contributed by atoms with E-state index in [0.717, 1.165) is 11.8 Å². The third kappa shape index (κ3) is 1.60. The van der Waals surface area contributed by atoms with Crippen molar-refractivity contribution in [3.8, 4) is 5.82 Å². The Morgan fingerprint density at radius 1 is 1.40 bits per heavy atom. The first-order valence-corrected chi connectivity index (χ1v) is 5.13. The third-order valence-corrected chi connectivity index (χ3v) is 2.50. The third-order valence-electron chi connectivity index (χ3n) is 2.50. The van der Waals surface area contributed by atoms with Gasteiger partial charge in [-0.15, -0.1) is 0 Å². The molecule has 0 saturated heterocycles. The van der Waals surface area contributed by atoms with Crippen molar-refractivity contribution in [2.75, 3.05) is 5.32 Å². The van der Waals surface area contributed by atoms with Crippen molar-refractivity contribution >= 4 is 5.95 Å². The average Bonchev–Trinajstić information content (AvgIpc) is 2.73. The summed E-state index contributed by atoms with van der Waals surface area (Å²) >= 11 is 0. The van der Waals surface area contributed by atoms with Gasteiger partial charge in [0.2, 0.25) is 5.95 Å². The second kappa shape index (κ2) is 3.12. The Hall–Kier alpha value is -1.78. The van der Waals surface area contributed by atoms with Gasteiger partial charge in [0.15, 0.2) is 5.82 Å². The molecule has 1 aliphatic rings. The van der Waals surface area contributed by atoms with Gasteiger partial charge >= 0.3 is 0 Å². The number of hydrogen-bond donors (Lipinski definition) is 1. The van der Waals surface area contributed by atoms with Gasteiger partial charge < -0.3 is 5.32 Å². The number of hydrogen-bond acceptors (Lipinski definition) is 3. The molecule has 78 valence electrons. The summed E-state index contributed by atoms with van der Waals surface area (Å²) in [6, 6.07) is 2.58. The van der Waals surface area contributed by atoms with Crippen LogP contribution in [0, 0.1) is 0 Å². The zero-order valence-electron chi connectivity index (χ0n) is 8.59. The van der Waals surface area contributed by atoms with E-state index in [1.54, 1.807) is 10.9 Å².